The molecule has 0 amide bonds. The molecule has 0 saturated heterocycles. The molecule has 0 aromatic carbocycles. The second kappa shape index (κ2) is 4.53. The van der Waals surface area contributed by atoms with Crippen molar-refractivity contribution in [3.05, 3.63) is 11.7 Å². The van der Waals surface area contributed by atoms with E-state index in [2.05, 4.69) is 10.1 Å². The summed E-state index contributed by atoms with van der Waals surface area (Å²) in [6, 6.07) is 0. The quantitative estimate of drug-likeness (QED) is 0.883. The summed E-state index contributed by atoms with van der Waals surface area (Å²) >= 11 is 0. The summed E-state index contributed by atoms with van der Waals surface area (Å²) in [5.74, 6) is 4.02. The first-order valence-electron chi connectivity index (χ1n) is 8.23. The van der Waals surface area contributed by atoms with Crippen molar-refractivity contribution < 1.29 is 9.63 Å². The monoisotopic (exact) mass is 291 g/mol. The highest BCUT2D eigenvalue weighted by molar-refractivity contribution is 5.16. The molecule has 1 atom stereocenters. The lowest BCUT2D eigenvalue weighted by atomic mass is 9.49. The fourth-order valence-corrected chi connectivity index (χ4v) is 5.32. The van der Waals surface area contributed by atoms with Gasteiger partial charge in [-0.1, -0.05) is 5.16 Å². The van der Waals surface area contributed by atoms with E-state index < -0.39 is 5.60 Å². The van der Waals surface area contributed by atoms with Gasteiger partial charge in [0, 0.05) is 12.0 Å². The van der Waals surface area contributed by atoms with Crippen molar-refractivity contribution in [3.8, 4) is 0 Å². The molecule has 0 radical (unpaired) electrons. The number of rotatable bonds is 4. The van der Waals surface area contributed by atoms with E-state index in [0.29, 0.717) is 12.3 Å². The summed E-state index contributed by atoms with van der Waals surface area (Å²) in [4.78, 5) is 4.64. The van der Waals surface area contributed by atoms with Crippen molar-refractivity contribution in [1.82, 2.24) is 10.1 Å². The summed E-state index contributed by atoms with van der Waals surface area (Å²) < 4.78 is 5.42. The summed E-state index contributed by atoms with van der Waals surface area (Å²) in [5.41, 5.74) is 4.76. The molecule has 21 heavy (non-hydrogen) atoms. The number of nitrogens with zero attached hydrogens (tertiary/aromatic N) is 2. The van der Waals surface area contributed by atoms with Gasteiger partial charge in [0.1, 0.15) is 0 Å². The fourth-order valence-electron chi connectivity index (χ4n) is 5.32. The minimum atomic E-state index is -0.967. The Kier molecular flexibility index (Phi) is 2.95. The topological polar surface area (TPSA) is 85.2 Å². The van der Waals surface area contributed by atoms with Crippen LogP contribution in [0.1, 0.15) is 57.2 Å². The van der Waals surface area contributed by atoms with Crippen molar-refractivity contribution in [2.45, 2.75) is 62.9 Å². The molecule has 4 fully saturated rings. The van der Waals surface area contributed by atoms with E-state index in [1.54, 1.807) is 6.92 Å². The molecular weight excluding hydrogens is 266 g/mol. The van der Waals surface area contributed by atoms with E-state index in [4.69, 9.17) is 10.3 Å². The Bertz CT molecular complexity index is 502. The number of hydrogen-bond donors (Lipinski definition) is 2. The van der Waals surface area contributed by atoms with E-state index in [1.807, 2.05) is 0 Å². The number of aromatic nitrogens is 2. The van der Waals surface area contributed by atoms with Crippen LogP contribution in [0.5, 0.6) is 0 Å². The molecule has 4 aliphatic carbocycles. The molecule has 3 N–H and O–H groups in total. The van der Waals surface area contributed by atoms with Gasteiger partial charge in [-0.05, 0) is 63.2 Å². The SMILES string of the molecule is CC(O)(CN)Cc1nc(C23CC4CC(CC(C4)C2)C3)no1. The molecule has 1 unspecified atom stereocenters. The number of hydrogen-bond acceptors (Lipinski definition) is 5. The predicted octanol–water partition coefficient (Wildman–Crippen LogP) is 1.79. The highest BCUT2D eigenvalue weighted by atomic mass is 16.5. The average Bonchev–Trinajstić information content (AvgIpc) is 2.85. The predicted molar refractivity (Wildman–Crippen MR) is 77.5 cm³/mol. The van der Waals surface area contributed by atoms with Crippen LogP contribution in [-0.4, -0.2) is 27.4 Å². The lowest BCUT2D eigenvalue weighted by Crippen LogP contribution is -2.49. The van der Waals surface area contributed by atoms with Crippen molar-refractivity contribution in [2.24, 2.45) is 23.5 Å². The van der Waals surface area contributed by atoms with E-state index in [1.165, 1.54) is 38.5 Å². The molecule has 0 aliphatic heterocycles. The van der Waals surface area contributed by atoms with Gasteiger partial charge in [-0.3, -0.25) is 0 Å². The van der Waals surface area contributed by atoms with Gasteiger partial charge < -0.3 is 15.4 Å². The minimum Gasteiger partial charge on any atom is -0.388 e. The molecule has 0 spiro atoms. The maximum absolute atomic E-state index is 10.1. The summed E-state index contributed by atoms with van der Waals surface area (Å²) in [5, 5.41) is 14.4. The first-order chi connectivity index (χ1) is 9.98. The summed E-state index contributed by atoms with van der Waals surface area (Å²) in [7, 11) is 0. The van der Waals surface area contributed by atoms with Gasteiger partial charge in [0.25, 0.3) is 0 Å². The minimum absolute atomic E-state index is 0.158. The van der Waals surface area contributed by atoms with Crippen molar-refractivity contribution >= 4 is 0 Å². The van der Waals surface area contributed by atoms with Gasteiger partial charge in [0.2, 0.25) is 5.89 Å². The van der Waals surface area contributed by atoms with E-state index in [-0.39, 0.29) is 12.0 Å². The molecule has 5 rings (SSSR count). The largest absolute Gasteiger partial charge is 0.388 e. The molecule has 4 aliphatic rings. The summed E-state index contributed by atoms with van der Waals surface area (Å²) in [6.07, 6.45) is 8.24. The highest BCUT2D eigenvalue weighted by Gasteiger charge is 2.53. The third-order valence-corrected chi connectivity index (χ3v) is 5.95. The second-order valence-electron chi connectivity index (χ2n) is 8.09. The normalized spacial score (nSPS) is 40.4. The Labute approximate surface area is 125 Å². The van der Waals surface area contributed by atoms with Crippen LogP contribution >= 0.6 is 0 Å². The van der Waals surface area contributed by atoms with E-state index >= 15 is 0 Å². The molecule has 4 bridgehead atoms. The Morgan fingerprint density at radius 3 is 2.33 bits per heavy atom. The maximum atomic E-state index is 10.1. The maximum Gasteiger partial charge on any atom is 0.229 e. The van der Waals surface area contributed by atoms with Gasteiger partial charge in [-0.2, -0.15) is 4.98 Å². The van der Waals surface area contributed by atoms with Gasteiger partial charge in [-0.25, -0.2) is 0 Å². The van der Waals surface area contributed by atoms with E-state index in [0.717, 1.165) is 23.6 Å². The highest BCUT2D eigenvalue weighted by Crippen LogP contribution is 2.60. The number of nitrogens with two attached hydrogens (primary N) is 1. The lowest BCUT2D eigenvalue weighted by molar-refractivity contribution is -0.0103. The molecule has 116 valence electrons. The van der Waals surface area contributed by atoms with Crippen LogP contribution in [0.3, 0.4) is 0 Å². The van der Waals surface area contributed by atoms with Gasteiger partial charge in [-0.15, -0.1) is 0 Å². The van der Waals surface area contributed by atoms with Crippen molar-refractivity contribution in [1.29, 1.82) is 0 Å². The van der Waals surface area contributed by atoms with Crippen LogP contribution in [0.2, 0.25) is 0 Å². The van der Waals surface area contributed by atoms with Gasteiger partial charge >= 0.3 is 0 Å². The molecule has 1 aromatic rings. The van der Waals surface area contributed by atoms with Crippen LogP contribution in [0.25, 0.3) is 0 Å². The van der Waals surface area contributed by atoms with Crippen LogP contribution in [0.15, 0.2) is 4.52 Å². The molecule has 5 heteroatoms. The lowest BCUT2D eigenvalue weighted by Gasteiger charge is -2.55. The first-order valence-corrected chi connectivity index (χ1v) is 8.23. The zero-order chi connectivity index (χ0) is 14.7. The first kappa shape index (κ1) is 13.7. The Morgan fingerprint density at radius 2 is 1.81 bits per heavy atom. The van der Waals surface area contributed by atoms with Crippen LogP contribution in [0.4, 0.5) is 0 Å². The smallest absolute Gasteiger partial charge is 0.229 e. The average molecular weight is 291 g/mol. The molecule has 4 saturated carbocycles. The van der Waals surface area contributed by atoms with Gasteiger partial charge in [0.05, 0.1) is 12.0 Å². The summed E-state index contributed by atoms with van der Waals surface area (Å²) in [6.45, 7) is 1.91. The zero-order valence-electron chi connectivity index (χ0n) is 12.7. The Hall–Kier alpha value is -0.940. The van der Waals surface area contributed by atoms with E-state index in [9.17, 15) is 5.11 Å². The Morgan fingerprint density at radius 1 is 1.24 bits per heavy atom. The molecule has 1 heterocycles. The third kappa shape index (κ3) is 2.30. The number of aliphatic hydroxyl groups is 1. The standard InChI is InChI=1S/C16H25N3O2/c1-15(20,9-17)8-13-18-14(19-21-13)16-5-10-2-11(6-16)4-12(3-10)7-16/h10-12,20H,2-9,17H2,1H3. The van der Waals surface area contributed by atoms with Crippen LogP contribution < -0.4 is 5.73 Å². The van der Waals surface area contributed by atoms with Gasteiger partial charge in [0.15, 0.2) is 5.82 Å². The molecular formula is C16H25N3O2. The Balaban J connectivity index is 1.58. The zero-order valence-corrected chi connectivity index (χ0v) is 12.7. The van der Waals surface area contributed by atoms with Crippen molar-refractivity contribution in [3.63, 3.8) is 0 Å². The second-order valence-corrected chi connectivity index (χ2v) is 8.09. The molecule has 1 aromatic heterocycles. The van der Waals surface area contributed by atoms with Crippen LogP contribution in [-0.2, 0) is 11.8 Å². The fraction of sp³-hybridized carbons (Fsp3) is 0.875. The van der Waals surface area contributed by atoms with Crippen molar-refractivity contribution in [2.75, 3.05) is 6.54 Å². The molecule has 5 nitrogen and oxygen atoms in total. The third-order valence-electron chi connectivity index (χ3n) is 5.95. The van der Waals surface area contributed by atoms with Crippen LogP contribution in [0, 0.1) is 17.8 Å².